The van der Waals surface area contributed by atoms with Crippen LogP contribution in [0, 0.1) is 22.7 Å². The predicted molar refractivity (Wildman–Crippen MR) is 313 cm³/mol. The van der Waals surface area contributed by atoms with E-state index in [1.807, 2.05) is 23.6 Å². The Hall–Kier alpha value is -5.96. The minimum absolute atomic E-state index is 0.0405. The highest BCUT2D eigenvalue weighted by Gasteiger charge is 2.51. The molecule has 4 aromatic rings. The highest BCUT2D eigenvalue weighted by atomic mass is 35.5. The summed E-state index contributed by atoms with van der Waals surface area (Å²) in [7, 11) is 5.17. The first-order chi connectivity index (χ1) is 40.5. The van der Waals surface area contributed by atoms with Crippen molar-refractivity contribution in [2.75, 3.05) is 80.7 Å². The predicted octanol–water partition coefficient (Wildman–Crippen LogP) is 12.3. The molecule has 2 unspecified atom stereocenters. The fraction of sp³-hybridized carbons (Fsp3) is 0.516. The Morgan fingerprint density at radius 3 is 1.47 bits per heavy atom. The summed E-state index contributed by atoms with van der Waals surface area (Å²) in [5, 5.41) is 3.65. The van der Waals surface area contributed by atoms with Crippen molar-refractivity contribution in [2.45, 2.75) is 101 Å². The Bertz CT molecular complexity index is 3290. The van der Waals surface area contributed by atoms with Crippen molar-refractivity contribution in [3.8, 4) is 11.5 Å². The highest BCUT2D eigenvalue weighted by molar-refractivity contribution is 6.42. The lowest BCUT2D eigenvalue weighted by Crippen LogP contribution is -2.46. The molecule has 4 saturated heterocycles. The number of hydrogen-bond acceptors (Lipinski definition) is 8. The van der Waals surface area contributed by atoms with Gasteiger partial charge in [0.1, 0.15) is 17.1 Å². The van der Waals surface area contributed by atoms with Gasteiger partial charge in [0.2, 0.25) is 23.6 Å². The van der Waals surface area contributed by atoms with Crippen molar-refractivity contribution < 1.29 is 64.6 Å². The molecule has 0 radical (unpaired) electrons. The van der Waals surface area contributed by atoms with Crippen LogP contribution in [0.15, 0.2) is 66.7 Å². The maximum absolute atomic E-state index is 14.7. The van der Waals surface area contributed by atoms with E-state index in [2.05, 4.69) is 5.32 Å². The fourth-order valence-corrected chi connectivity index (χ4v) is 13.3. The molecule has 4 aromatic carbocycles. The van der Waals surface area contributed by atoms with Gasteiger partial charge in [-0.25, -0.2) is 0 Å². The van der Waals surface area contributed by atoms with Gasteiger partial charge < -0.3 is 39.3 Å². The third-order valence-electron chi connectivity index (χ3n) is 18.4. The molecule has 2 saturated carbocycles. The Labute approximate surface area is 515 Å². The van der Waals surface area contributed by atoms with Crippen LogP contribution < -0.4 is 14.8 Å². The summed E-state index contributed by atoms with van der Waals surface area (Å²) in [4.78, 5) is 88.2. The summed E-state index contributed by atoms with van der Waals surface area (Å²) >= 11 is 25.0. The number of amides is 6. The minimum atomic E-state index is -4.85. The number of likely N-dealkylation sites (N-methyl/N-ethyl adjacent to an activating group) is 1. The van der Waals surface area contributed by atoms with Gasteiger partial charge in [0, 0.05) is 118 Å². The van der Waals surface area contributed by atoms with Crippen molar-refractivity contribution in [2.24, 2.45) is 22.7 Å². The molecule has 24 heteroatoms. The molecule has 4 aliphatic heterocycles. The smallest absolute Gasteiger partial charge is 0.420 e. The summed E-state index contributed by atoms with van der Waals surface area (Å²) < 4.78 is 95.2. The van der Waals surface area contributed by atoms with E-state index < -0.39 is 58.9 Å². The number of nitrogens with zero attached hydrogens (tertiary/aromatic N) is 5. The number of halogens is 10. The summed E-state index contributed by atoms with van der Waals surface area (Å²) in [5.41, 5.74) is -1.77. The quantitative estimate of drug-likeness (QED) is 0.138. The number of nitrogens with one attached hydrogen (secondary N) is 1. The number of ether oxygens (including phenoxy) is 2. The molecule has 6 fully saturated rings. The number of carbonyl (C=O) groups is 6. The molecule has 10 rings (SSSR count). The number of carbonyl (C=O) groups excluding carboxylic acids is 6. The van der Waals surface area contributed by atoms with Crippen molar-refractivity contribution in [1.82, 2.24) is 29.8 Å². The average Bonchev–Trinajstić information content (AvgIpc) is 1.45. The van der Waals surface area contributed by atoms with Crippen LogP contribution in [0.25, 0.3) is 0 Å². The normalized spacial score (nSPS) is 22.0. The maximum Gasteiger partial charge on any atom is 0.420 e. The summed E-state index contributed by atoms with van der Waals surface area (Å²) in [6.07, 6.45) is -3.94. The maximum atomic E-state index is 14.7. The van der Waals surface area contributed by atoms with Crippen LogP contribution in [-0.2, 0) is 31.5 Å². The van der Waals surface area contributed by atoms with E-state index in [0.29, 0.717) is 74.0 Å². The van der Waals surface area contributed by atoms with Gasteiger partial charge in [0.15, 0.2) is 0 Å². The number of rotatable bonds is 12. The number of likely N-dealkylation sites (tertiary alicyclic amines) is 4. The van der Waals surface area contributed by atoms with Gasteiger partial charge in [0.25, 0.3) is 11.8 Å². The fourth-order valence-electron chi connectivity index (χ4n) is 12.7. The summed E-state index contributed by atoms with van der Waals surface area (Å²) in [6.45, 7) is 6.50. The van der Waals surface area contributed by atoms with Crippen LogP contribution in [0.2, 0.25) is 20.1 Å². The zero-order valence-electron chi connectivity index (χ0n) is 48.4. The average molecular weight is 1280 g/mol. The molecule has 4 atom stereocenters. The lowest BCUT2D eigenvalue weighted by Gasteiger charge is -2.34. The second kappa shape index (κ2) is 25.3. The van der Waals surface area contributed by atoms with E-state index in [0.717, 1.165) is 63.7 Å². The van der Waals surface area contributed by atoms with Crippen LogP contribution in [0.1, 0.15) is 132 Å². The Morgan fingerprint density at radius 2 is 1.02 bits per heavy atom. The van der Waals surface area contributed by atoms with Crippen LogP contribution in [0.4, 0.5) is 26.3 Å². The molecular weight excluding hydrogens is 1210 g/mol. The van der Waals surface area contributed by atoms with E-state index in [1.54, 1.807) is 46.2 Å². The van der Waals surface area contributed by atoms with Crippen molar-refractivity contribution >= 4 is 81.8 Å². The SMILES string of the molecule is CNC(=O)c1ccc(OC)c(C(F)(F)F)c1C1CN(C(=O)C2CCN(C(=O)C3(C)CC3)CC2)CC1c1ccc(Cl)c(Cl)c1.COc1ccc(C(=O)N(C)[C@@H]2CN(C(=O)C3CCN(C(=O)C4(C)CC4)CC3)C[C@H]2c2ccc(Cl)c(Cl)c2)cc1C(F)(F)F. The second-order valence-electron chi connectivity index (χ2n) is 24.0. The molecular formula is C62H68Cl4F6N6O8. The molecule has 0 bridgehead atoms. The number of piperidine rings is 2. The molecule has 86 heavy (non-hydrogen) atoms. The molecule has 464 valence electrons. The monoisotopic (exact) mass is 1280 g/mol. The lowest BCUT2D eigenvalue weighted by atomic mass is 9.79. The standard InChI is InChI=1S/2C31H34Cl2F3N3O4/c1-30(10-11-30)29(42)38-12-8-18(9-13-38)28(41)39-16-21(19-4-6-23(32)24(33)15-19)25(17-39)37(2)27(40)20-5-7-26(43-3)22(14-20)31(34,35)36;1-30(10-11-30)29(42)38-12-8-17(9-13-38)28(41)39-15-20(18-4-6-22(32)23(33)14-18)21(16-39)25-19(27(40)37-2)5-7-24(43-3)26(25)31(34,35)36/h4-7,14-15,18,21,25H,8-13,16-17H2,1-3H3;4-7,14,17,20-21H,8-13,15-16H2,1-3H3,(H,37,40)/t21-,25+;/m0./s1. The Kier molecular flexibility index (Phi) is 19.0. The van der Waals surface area contributed by atoms with Crippen LogP contribution in [-0.4, -0.2) is 147 Å². The number of alkyl halides is 6. The molecule has 2 aliphatic carbocycles. The van der Waals surface area contributed by atoms with Crippen molar-refractivity contribution in [3.63, 3.8) is 0 Å². The highest BCUT2D eigenvalue weighted by Crippen LogP contribution is 2.52. The van der Waals surface area contributed by atoms with Crippen LogP contribution in [0.5, 0.6) is 11.5 Å². The van der Waals surface area contributed by atoms with E-state index >= 15 is 0 Å². The van der Waals surface area contributed by atoms with E-state index in [-0.39, 0.29) is 104 Å². The third kappa shape index (κ3) is 13.4. The van der Waals surface area contributed by atoms with E-state index in [9.17, 15) is 55.1 Å². The first-order valence-electron chi connectivity index (χ1n) is 28.6. The Balaban J connectivity index is 0.000000205. The summed E-state index contributed by atoms with van der Waals surface area (Å²) in [6, 6.07) is 15.1. The third-order valence-corrected chi connectivity index (χ3v) is 19.9. The molecule has 0 aromatic heterocycles. The van der Waals surface area contributed by atoms with Crippen molar-refractivity contribution in [3.05, 3.63) is 126 Å². The topological polar surface area (TPSA) is 149 Å². The molecule has 1 N–H and O–H groups in total. The number of benzene rings is 4. The van der Waals surface area contributed by atoms with E-state index in [1.165, 1.54) is 31.1 Å². The zero-order valence-corrected chi connectivity index (χ0v) is 51.4. The first kappa shape index (κ1) is 64.5. The molecule has 0 spiro atoms. The van der Waals surface area contributed by atoms with E-state index in [4.69, 9.17) is 55.9 Å². The molecule has 6 amide bonds. The van der Waals surface area contributed by atoms with Crippen molar-refractivity contribution in [1.29, 1.82) is 0 Å². The summed E-state index contributed by atoms with van der Waals surface area (Å²) in [5.74, 6) is -4.53. The molecule has 6 aliphatic rings. The first-order valence-corrected chi connectivity index (χ1v) is 30.1. The number of methoxy groups -OCH3 is 2. The zero-order chi connectivity index (χ0) is 62.5. The Morgan fingerprint density at radius 1 is 0.570 bits per heavy atom. The van der Waals surface area contributed by atoms with Gasteiger partial charge >= 0.3 is 12.4 Å². The van der Waals surface area contributed by atoms with Gasteiger partial charge in [-0.2, -0.15) is 26.3 Å². The van der Waals surface area contributed by atoms with Gasteiger partial charge in [0.05, 0.1) is 45.9 Å². The van der Waals surface area contributed by atoms with Gasteiger partial charge in [-0.3, -0.25) is 28.8 Å². The molecule has 4 heterocycles. The van der Waals surface area contributed by atoms with Crippen LogP contribution >= 0.6 is 46.4 Å². The van der Waals surface area contributed by atoms with Gasteiger partial charge in [-0.1, -0.05) is 72.4 Å². The lowest BCUT2D eigenvalue weighted by molar-refractivity contribution is -0.142. The largest absolute Gasteiger partial charge is 0.496 e. The number of hydrogen-bond donors (Lipinski definition) is 1. The molecule has 14 nitrogen and oxygen atoms in total. The van der Waals surface area contributed by atoms with Gasteiger partial charge in [-0.15, -0.1) is 0 Å². The van der Waals surface area contributed by atoms with Gasteiger partial charge in [-0.05, 0) is 123 Å². The minimum Gasteiger partial charge on any atom is -0.496 e. The van der Waals surface area contributed by atoms with Crippen LogP contribution in [0.3, 0.4) is 0 Å². The second-order valence-corrected chi connectivity index (χ2v) is 25.6.